The van der Waals surface area contributed by atoms with E-state index in [0.29, 0.717) is 10.7 Å². The lowest BCUT2D eigenvalue weighted by Crippen LogP contribution is -2.49. The number of hydrogen-bond acceptors (Lipinski definition) is 1. The minimum Gasteiger partial charge on any atom is -0.336 e. The summed E-state index contributed by atoms with van der Waals surface area (Å²) in [6.07, 6.45) is 3.59. The van der Waals surface area contributed by atoms with Crippen LogP contribution >= 0.6 is 11.8 Å². The van der Waals surface area contributed by atoms with Crippen LogP contribution in [0.2, 0.25) is 0 Å². The number of aromatic nitrogens is 1. The van der Waals surface area contributed by atoms with E-state index in [1.165, 1.54) is 22.2 Å². The van der Waals surface area contributed by atoms with Crippen LogP contribution in [0.5, 0.6) is 0 Å². The van der Waals surface area contributed by atoms with Crippen LogP contribution < -0.4 is 0 Å². The zero-order valence-corrected chi connectivity index (χ0v) is 22.8. The third kappa shape index (κ3) is 4.50. The van der Waals surface area contributed by atoms with Gasteiger partial charge in [-0.15, -0.1) is 11.8 Å². The fourth-order valence-electron chi connectivity index (χ4n) is 4.14. The average molecular weight is 430 g/mol. The van der Waals surface area contributed by atoms with Gasteiger partial charge in [0.05, 0.1) is 5.03 Å². The zero-order valence-electron chi connectivity index (χ0n) is 22.0. The van der Waals surface area contributed by atoms with Gasteiger partial charge in [0.2, 0.25) is 0 Å². The van der Waals surface area contributed by atoms with E-state index in [2.05, 4.69) is 137 Å². The van der Waals surface area contributed by atoms with Gasteiger partial charge in [-0.2, -0.15) is 0 Å². The molecule has 1 atom stereocenters. The standard InChI is InChI=1S/C28H47NS/c1-20(18-26(8,9)24(2,3)4)30-23-22-17-15-14-16-21(22)19-29(23)28(12,13)27(10,11)25(5,6)7/h14-17,19-20H,18H2,1-13H3. The van der Waals surface area contributed by atoms with Crippen molar-refractivity contribution in [2.24, 2.45) is 21.7 Å². The lowest BCUT2D eigenvalue weighted by atomic mass is 9.59. The van der Waals surface area contributed by atoms with Gasteiger partial charge >= 0.3 is 0 Å². The van der Waals surface area contributed by atoms with Crippen molar-refractivity contribution in [1.82, 2.24) is 4.57 Å². The molecule has 1 nitrogen and oxygen atoms in total. The van der Waals surface area contributed by atoms with E-state index in [-0.39, 0.29) is 21.8 Å². The topological polar surface area (TPSA) is 4.93 Å². The molecule has 0 radical (unpaired) electrons. The van der Waals surface area contributed by atoms with Crippen molar-refractivity contribution in [2.75, 3.05) is 0 Å². The lowest BCUT2D eigenvalue weighted by Gasteiger charge is -2.52. The van der Waals surface area contributed by atoms with Gasteiger partial charge < -0.3 is 4.57 Å². The summed E-state index contributed by atoms with van der Waals surface area (Å²) < 4.78 is 2.59. The highest BCUT2D eigenvalue weighted by Gasteiger charge is 2.47. The lowest BCUT2D eigenvalue weighted by molar-refractivity contribution is -0.00233. The summed E-state index contributed by atoms with van der Waals surface area (Å²) in [6.45, 7) is 31.2. The van der Waals surface area contributed by atoms with E-state index < -0.39 is 0 Å². The average Bonchev–Trinajstić information content (AvgIpc) is 2.91. The van der Waals surface area contributed by atoms with E-state index in [9.17, 15) is 0 Å². The molecule has 0 saturated carbocycles. The molecule has 30 heavy (non-hydrogen) atoms. The van der Waals surface area contributed by atoms with Crippen LogP contribution in [0.3, 0.4) is 0 Å². The molecule has 2 heteroatoms. The molecule has 1 aromatic heterocycles. The van der Waals surface area contributed by atoms with Crippen molar-refractivity contribution in [3.05, 3.63) is 30.5 Å². The first-order valence-corrected chi connectivity index (χ1v) is 12.5. The summed E-state index contributed by atoms with van der Waals surface area (Å²) >= 11 is 2.07. The third-order valence-electron chi connectivity index (χ3n) is 8.83. The third-order valence-corrected chi connectivity index (χ3v) is 10.0. The highest BCUT2D eigenvalue weighted by atomic mass is 32.2. The van der Waals surface area contributed by atoms with E-state index >= 15 is 0 Å². The number of fused-ring (bicyclic) bond motifs is 1. The van der Waals surface area contributed by atoms with Gasteiger partial charge in [-0.25, -0.2) is 0 Å². The quantitative estimate of drug-likeness (QED) is 0.414. The molecule has 0 fully saturated rings. The predicted octanol–water partition coefficient (Wildman–Crippen LogP) is 9.39. The molecular weight excluding hydrogens is 382 g/mol. The SMILES string of the molecule is CC(CC(C)(C)C(C)(C)C)Sc1c2ccccc2cn1C(C)(C)C(C)(C)C(C)(C)C. The minimum absolute atomic E-state index is 0.0220. The monoisotopic (exact) mass is 429 g/mol. The van der Waals surface area contributed by atoms with Crippen LogP contribution in [-0.4, -0.2) is 9.82 Å². The molecule has 0 bridgehead atoms. The largest absolute Gasteiger partial charge is 0.336 e. The molecule has 2 rings (SSSR count). The van der Waals surface area contributed by atoms with Crippen LogP contribution in [0, 0.1) is 21.7 Å². The summed E-state index contributed by atoms with van der Waals surface area (Å²) in [6, 6.07) is 8.91. The first-order chi connectivity index (χ1) is 13.3. The van der Waals surface area contributed by atoms with Crippen LogP contribution in [0.15, 0.2) is 35.5 Å². The molecule has 0 saturated heterocycles. The summed E-state index contributed by atoms with van der Waals surface area (Å²) in [4.78, 5) is 0. The fourth-order valence-corrected chi connectivity index (χ4v) is 5.73. The molecule has 0 amide bonds. The maximum absolute atomic E-state index is 2.59. The molecule has 0 aliphatic heterocycles. The highest BCUT2D eigenvalue weighted by molar-refractivity contribution is 8.00. The van der Waals surface area contributed by atoms with Crippen molar-refractivity contribution in [1.29, 1.82) is 0 Å². The minimum atomic E-state index is -0.0220. The Morgan fingerprint density at radius 3 is 1.83 bits per heavy atom. The van der Waals surface area contributed by atoms with Gasteiger partial charge in [0.15, 0.2) is 0 Å². The predicted molar refractivity (Wildman–Crippen MR) is 138 cm³/mol. The van der Waals surface area contributed by atoms with Gasteiger partial charge in [0.25, 0.3) is 0 Å². The second-order valence-electron chi connectivity index (χ2n) is 13.1. The van der Waals surface area contributed by atoms with Crippen LogP contribution in [0.1, 0.15) is 96.4 Å². The Hall–Kier alpha value is -0.890. The smallest absolute Gasteiger partial charge is 0.0835 e. The van der Waals surface area contributed by atoms with Crippen molar-refractivity contribution < 1.29 is 0 Å². The van der Waals surface area contributed by atoms with E-state index in [4.69, 9.17) is 0 Å². The number of thioether (sulfide) groups is 1. The normalized spacial score (nSPS) is 15.6. The summed E-state index contributed by atoms with van der Waals surface area (Å²) in [5.74, 6) is 0. The van der Waals surface area contributed by atoms with E-state index in [1.54, 1.807) is 0 Å². The van der Waals surface area contributed by atoms with Crippen LogP contribution in [0.4, 0.5) is 0 Å². The molecule has 0 aliphatic rings. The van der Waals surface area contributed by atoms with Crippen LogP contribution in [0.25, 0.3) is 10.8 Å². The van der Waals surface area contributed by atoms with Crippen molar-refractivity contribution in [2.45, 2.75) is 112 Å². The highest BCUT2D eigenvalue weighted by Crippen LogP contribution is 2.53. The van der Waals surface area contributed by atoms with Crippen molar-refractivity contribution >= 4 is 22.5 Å². The van der Waals surface area contributed by atoms with Gasteiger partial charge in [0, 0.05) is 27.8 Å². The number of hydrogen-bond donors (Lipinski definition) is 0. The molecule has 170 valence electrons. The molecular formula is C28H47NS. The first-order valence-electron chi connectivity index (χ1n) is 11.6. The Balaban J connectivity index is 2.56. The Bertz CT molecular complexity index is 868. The summed E-state index contributed by atoms with van der Waals surface area (Å²) in [5, 5.41) is 4.70. The second kappa shape index (κ2) is 7.91. The summed E-state index contributed by atoms with van der Waals surface area (Å²) in [7, 11) is 0. The number of rotatable bonds is 6. The van der Waals surface area contributed by atoms with E-state index in [1.807, 2.05) is 0 Å². The van der Waals surface area contributed by atoms with E-state index in [0.717, 1.165) is 0 Å². The van der Waals surface area contributed by atoms with Gasteiger partial charge in [-0.05, 0) is 41.9 Å². The molecule has 1 aromatic carbocycles. The molecule has 0 N–H and O–H groups in total. The molecule has 1 unspecified atom stereocenters. The second-order valence-corrected chi connectivity index (χ2v) is 14.5. The Morgan fingerprint density at radius 2 is 1.33 bits per heavy atom. The summed E-state index contributed by atoms with van der Waals surface area (Å²) in [5.41, 5.74) is 0.852. The first kappa shape index (κ1) is 25.4. The maximum atomic E-state index is 2.59. The van der Waals surface area contributed by atoms with Crippen molar-refractivity contribution in [3.8, 4) is 0 Å². The Kier molecular flexibility index (Phi) is 6.69. The Morgan fingerprint density at radius 1 is 0.800 bits per heavy atom. The van der Waals surface area contributed by atoms with Gasteiger partial charge in [-0.3, -0.25) is 0 Å². The molecule has 2 aromatic rings. The zero-order chi connectivity index (χ0) is 23.3. The molecule has 0 aliphatic carbocycles. The number of benzene rings is 1. The molecule has 1 heterocycles. The van der Waals surface area contributed by atoms with Gasteiger partial charge in [-0.1, -0.05) is 100 Å². The van der Waals surface area contributed by atoms with Gasteiger partial charge in [0.1, 0.15) is 0 Å². The molecule has 0 spiro atoms. The fraction of sp³-hybridized carbons (Fsp3) is 0.714. The van der Waals surface area contributed by atoms with Crippen LogP contribution in [-0.2, 0) is 5.54 Å². The number of nitrogens with zero attached hydrogens (tertiary/aromatic N) is 1. The maximum Gasteiger partial charge on any atom is 0.0835 e. The Labute approximate surface area is 191 Å². The van der Waals surface area contributed by atoms with Crippen molar-refractivity contribution in [3.63, 3.8) is 0 Å².